The van der Waals surface area contributed by atoms with E-state index in [2.05, 4.69) is 19.9 Å². The van der Waals surface area contributed by atoms with Crippen molar-refractivity contribution in [3.8, 4) is 0 Å². The van der Waals surface area contributed by atoms with E-state index in [0.29, 0.717) is 30.4 Å². The van der Waals surface area contributed by atoms with Crippen LogP contribution in [0.1, 0.15) is 36.6 Å². The zero-order chi connectivity index (χ0) is 21.6. The zero-order valence-corrected chi connectivity index (χ0v) is 17.3. The minimum absolute atomic E-state index is 0.139. The van der Waals surface area contributed by atoms with Crippen LogP contribution in [0.15, 0.2) is 36.7 Å². The van der Waals surface area contributed by atoms with E-state index in [1.54, 1.807) is 18.3 Å². The summed E-state index contributed by atoms with van der Waals surface area (Å²) in [5, 5.41) is 0.862. The van der Waals surface area contributed by atoms with Gasteiger partial charge in [0, 0.05) is 43.0 Å². The van der Waals surface area contributed by atoms with Gasteiger partial charge in [-0.2, -0.15) is 23.1 Å². The van der Waals surface area contributed by atoms with Gasteiger partial charge >= 0.3 is 6.18 Å². The molecule has 0 radical (unpaired) electrons. The Hall–Kier alpha value is -2.68. The van der Waals surface area contributed by atoms with E-state index < -0.39 is 17.9 Å². The summed E-state index contributed by atoms with van der Waals surface area (Å²) in [5.74, 6) is 1.15. The second-order valence-corrected chi connectivity index (χ2v) is 8.44. The first-order valence-corrected chi connectivity index (χ1v) is 10.7. The molecule has 5 rings (SSSR count). The van der Waals surface area contributed by atoms with Crippen LogP contribution in [0, 0.1) is 0 Å². The third-order valence-corrected chi connectivity index (χ3v) is 6.34. The molecule has 10 heteroatoms. The summed E-state index contributed by atoms with van der Waals surface area (Å²) in [6.07, 6.45) is 0.578. The lowest BCUT2D eigenvalue weighted by Gasteiger charge is -2.43. The molecule has 0 bridgehead atoms. The molecule has 0 amide bonds. The molecule has 2 aliphatic heterocycles. The van der Waals surface area contributed by atoms with Crippen LogP contribution in [0.4, 0.5) is 24.9 Å². The highest BCUT2D eigenvalue weighted by molar-refractivity contribution is 6.20. The molecule has 0 aromatic carbocycles. The average Bonchev–Trinajstić information content (AvgIpc) is 2.73. The Morgan fingerprint density at radius 3 is 2.39 bits per heavy atom. The highest BCUT2D eigenvalue weighted by atomic mass is 35.5. The van der Waals surface area contributed by atoms with Gasteiger partial charge in [0.25, 0.3) is 0 Å². The Kier molecular flexibility index (Phi) is 5.08. The van der Waals surface area contributed by atoms with E-state index >= 15 is 0 Å². The second kappa shape index (κ2) is 7.78. The first-order chi connectivity index (χ1) is 14.9. The van der Waals surface area contributed by atoms with Gasteiger partial charge in [-0.1, -0.05) is 6.07 Å². The minimum Gasteiger partial charge on any atom is -0.349 e. The van der Waals surface area contributed by atoms with Gasteiger partial charge in [-0.25, -0.2) is 4.98 Å². The number of anilines is 2. The van der Waals surface area contributed by atoms with E-state index in [1.165, 1.54) is 12.3 Å². The molecule has 1 atom stereocenters. The number of pyridine rings is 2. The van der Waals surface area contributed by atoms with Crippen molar-refractivity contribution in [3.63, 3.8) is 0 Å². The lowest BCUT2D eigenvalue weighted by atomic mass is 9.93. The van der Waals surface area contributed by atoms with Gasteiger partial charge in [-0.15, -0.1) is 11.6 Å². The first-order valence-electron chi connectivity index (χ1n) is 10.2. The molecule has 2 fully saturated rings. The number of fused-ring (bicyclic) bond motifs is 1. The largest absolute Gasteiger partial charge is 0.433 e. The van der Waals surface area contributed by atoms with Crippen molar-refractivity contribution in [2.24, 2.45) is 0 Å². The van der Waals surface area contributed by atoms with Crippen LogP contribution in [0.25, 0.3) is 11.0 Å². The van der Waals surface area contributed by atoms with Gasteiger partial charge in [0.15, 0.2) is 5.65 Å². The normalized spacial score (nSPS) is 20.2. The van der Waals surface area contributed by atoms with Crippen molar-refractivity contribution in [2.75, 3.05) is 29.4 Å². The molecule has 0 aliphatic carbocycles. The Balaban J connectivity index is 1.56. The highest BCUT2D eigenvalue weighted by Gasteiger charge is 2.41. The predicted molar refractivity (Wildman–Crippen MR) is 112 cm³/mol. The summed E-state index contributed by atoms with van der Waals surface area (Å²) < 4.78 is 40.7. The number of aromatic nitrogens is 4. The van der Waals surface area contributed by atoms with Crippen LogP contribution in [0.5, 0.6) is 0 Å². The fourth-order valence-corrected chi connectivity index (χ4v) is 4.43. The van der Waals surface area contributed by atoms with Crippen molar-refractivity contribution in [1.82, 2.24) is 19.9 Å². The molecule has 0 N–H and O–H groups in total. The summed E-state index contributed by atoms with van der Waals surface area (Å²) in [4.78, 5) is 21.4. The number of rotatable bonds is 3. The maximum absolute atomic E-state index is 13.6. The van der Waals surface area contributed by atoms with Gasteiger partial charge in [0.05, 0.1) is 11.4 Å². The predicted octanol–water partition coefficient (Wildman–Crippen LogP) is 4.60. The molecular formula is C21H20ClF3N6. The average molecular weight is 449 g/mol. The maximum atomic E-state index is 13.6. The quantitative estimate of drug-likeness (QED) is 0.546. The molecule has 2 aliphatic rings. The van der Waals surface area contributed by atoms with E-state index in [9.17, 15) is 13.2 Å². The first kappa shape index (κ1) is 20.2. The molecule has 3 aromatic rings. The van der Waals surface area contributed by atoms with Gasteiger partial charge in [0.2, 0.25) is 5.95 Å². The monoisotopic (exact) mass is 448 g/mol. The van der Waals surface area contributed by atoms with Crippen LogP contribution >= 0.6 is 11.6 Å². The summed E-state index contributed by atoms with van der Waals surface area (Å²) in [6, 6.07) is 6.23. The Morgan fingerprint density at radius 1 is 0.935 bits per heavy atom. The van der Waals surface area contributed by atoms with E-state index in [-0.39, 0.29) is 10.9 Å². The van der Waals surface area contributed by atoms with Crippen LogP contribution in [-0.4, -0.2) is 44.9 Å². The molecule has 1 unspecified atom stereocenters. The van der Waals surface area contributed by atoms with Crippen molar-refractivity contribution < 1.29 is 13.2 Å². The lowest BCUT2D eigenvalue weighted by molar-refractivity contribution is -0.142. The van der Waals surface area contributed by atoms with Crippen LogP contribution < -0.4 is 9.80 Å². The standard InChI is InChI=1S/C21H20ClF3N6/c22-13-5-10-30(11-6-13)20-28-18-15(4-2-9-27-18)19(29-20)31-12-7-16(31)14-3-1-8-26-17(14)21(23,24)25/h1-4,8-9,13,16H,5-7,10-12H2. The number of piperidine rings is 1. The summed E-state index contributed by atoms with van der Waals surface area (Å²) in [7, 11) is 0. The highest BCUT2D eigenvalue weighted by Crippen LogP contribution is 2.43. The Bertz CT molecular complexity index is 1100. The number of hydrogen-bond donors (Lipinski definition) is 0. The molecule has 0 saturated carbocycles. The number of hydrogen-bond acceptors (Lipinski definition) is 6. The molecular weight excluding hydrogens is 429 g/mol. The molecule has 6 nitrogen and oxygen atoms in total. The third kappa shape index (κ3) is 3.75. The van der Waals surface area contributed by atoms with Gasteiger partial charge in [-0.05, 0) is 37.5 Å². The number of nitrogens with zero attached hydrogens (tertiary/aromatic N) is 6. The molecule has 31 heavy (non-hydrogen) atoms. The van der Waals surface area contributed by atoms with Gasteiger partial charge in [0.1, 0.15) is 11.5 Å². The third-order valence-electron chi connectivity index (χ3n) is 5.90. The zero-order valence-electron chi connectivity index (χ0n) is 16.6. The van der Waals surface area contributed by atoms with Crippen molar-refractivity contribution in [3.05, 3.63) is 47.9 Å². The fraction of sp³-hybridized carbons (Fsp3) is 0.429. The Labute approximate surface area is 182 Å². The molecule has 5 heterocycles. The van der Waals surface area contributed by atoms with Crippen LogP contribution in [0.3, 0.4) is 0 Å². The summed E-state index contributed by atoms with van der Waals surface area (Å²) in [6.45, 7) is 2.06. The number of alkyl halides is 4. The van der Waals surface area contributed by atoms with Crippen molar-refractivity contribution in [1.29, 1.82) is 0 Å². The smallest absolute Gasteiger partial charge is 0.349 e. The van der Waals surface area contributed by atoms with Gasteiger partial charge < -0.3 is 9.80 Å². The topological polar surface area (TPSA) is 58.0 Å². The lowest BCUT2D eigenvalue weighted by Crippen LogP contribution is -2.43. The summed E-state index contributed by atoms with van der Waals surface area (Å²) >= 11 is 6.23. The molecule has 3 aromatic heterocycles. The fourth-order valence-electron chi connectivity index (χ4n) is 4.23. The molecule has 162 valence electrons. The van der Waals surface area contributed by atoms with E-state index in [4.69, 9.17) is 16.6 Å². The van der Waals surface area contributed by atoms with Gasteiger partial charge in [-0.3, -0.25) is 4.98 Å². The van der Waals surface area contributed by atoms with E-state index in [1.807, 2.05) is 11.0 Å². The summed E-state index contributed by atoms with van der Waals surface area (Å²) in [5.41, 5.74) is -0.143. The SMILES string of the molecule is FC(F)(F)c1ncccc1C1CCN1c1nc(N2CCC(Cl)CC2)nc2ncccc12. The molecule has 2 saturated heterocycles. The van der Waals surface area contributed by atoms with E-state index in [0.717, 1.165) is 31.3 Å². The van der Waals surface area contributed by atoms with Crippen molar-refractivity contribution >= 4 is 34.4 Å². The van der Waals surface area contributed by atoms with Crippen LogP contribution in [-0.2, 0) is 6.18 Å². The maximum Gasteiger partial charge on any atom is 0.433 e. The van der Waals surface area contributed by atoms with Crippen LogP contribution in [0.2, 0.25) is 0 Å². The second-order valence-electron chi connectivity index (χ2n) is 7.82. The van der Waals surface area contributed by atoms with Crippen molar-refractivity contribution in [2.45, 2.75) is 36.9 Å². The Morgan fingerprint density at radius 2 is 1.68 bits per heavy atom. The minimum atomic E-state index is -4.51. The molecule has 0 spiro atoms. The number of halogens is 4.